The van der Waals surface area contributed by atoms with E-state index in [1.807, 2.05) is 24.3 Å². The Hall–Kier alpha value is -1.87. The number of halogens is 1. The topological polar surface area (TPSA) is 29.5 Å². The van der Waals surface area contributed by atoms with Crippen molar-refractivity contribution in [3.63, 3.8) is 0 Å². The minimum Gasteiger partial charge on any atom is -0.487 e. The molecule has 3 heteroatoms. The van der Waals surface area contributed by atoms with E-state index in [1.165, 1.54) is 12.1 Å². The van der Waals surface area contributed by atoms with Gasteiger partial charge in [0, 0.05) is 6.42 Å². The third-order valence-electron chi connectivity index (χ3n) is 3.57. The maximum Gasteiger partial charge on any atom is 0.133 e. The van der Waals surface area contributed by atoms with Gasteiger partial charge in [0.1, 0.15) is 23.8 Å². The number of fused-ring (bicyclic) bond motifs is 1. The third-order valence-corrected chi connectivity index (χ3v) is 3.57. The maximum atomic E-state index is 13.1. The minimum absolute atomic E-state index is 0.288. The molecule has 1 heterocycles. The van der Waals surface area contributed by atoms with Crippen molar-refractivity contribution in [2.45, 2.75) is 25.6 Å². The van der Waals surface area contributed by atoms with Crippen LogP contribution in [-0.2, 0) is 6.42 Å². The highest BCUT2D eigenvalue weighted by Gasteiger charge is 2.30. The molecule has 98 valence electrons. The molecule has 0 saturated heterocycles. The first-order valence-electron chi connectivity index (χ1n) is 6.34. The van der Waals surface area contributed by atoms with Crippen LogP contribution in [-0.4, -0.2) is 11.2 Å². The van der Waals surface area contributed by atoms with Crippen molar-refractivity contribution in [2.75, 3.05) is 0 Å². The van der Waals surface area contributed by atoms with E-state index in [-0.39, 0.29) is 11.9 Å². The molecule has 1 aliphatic rings. The molecule has 1 aliphatic heterocycles. The Kier molecular flexibility index (Phi) is 2.99. The summed E-state index contributed by atoms with van der Waals surface area (Å²) in [7, 11) is 0. The molecule has 0 saturated carbocycles. The molecular weight excluding hydrogens is 243 g/mol. The van der Waals surface area contributed by atoms with Gasteiger partial charge in [-0.1, -0.05) is 24.3 Å². The summed E-state index contributed by atoms with van der Waals surface area (Å²) in [6.45, 7) is 1.80. The van der Waals surface area contributed by atoms with E-state index in [9.17, 15) is 9.50 Å². The number of rotatable bonds is 2. The summed E-state index contributed by atoms with van der Waals surface area (Å²) in [5.74, 6) is 0.537. The van der Waals surface area contributed by atoms with Gasteiger partial charge in [-0.25, -0.2) is 4.39 Å². The zero-order valence-corrected chi connectivity index (χ0v) is 10.6. The smallest absolute Gasteiger partial charge is 0.133 e. The summed E-state index contributed by atoms with van der Waals surface area (Å²) < 4.78 is 18.9. The van der Waals surface area contributed by atoms with Crippen LogP contribution in [0.4, 0.5) is 4.39 Å². The van der Waals surface area contributed by atoms with Crippen LogP contribution in [0.5, 0.6) is 5.75 Å². The second kappa shape index (κ2) is 4.67. The van der Waals surface area contributed by atoms with E-state index >= 15 is 0 Å². The second-order valence-electron chi connectivity index (χ2n) is 4.91. The van der Waals surface area contributed by atoms with Gasteiger partial charge in [0.25, 0.3) is 0 Å². The highest BCUT2D eigenvalue weighted by molar-refractivity contribution is 5.39. The Morgan fingerprint density at radius 1 is 1.26 bits per heavy atom. The van der Waals surface area contributed by atoms with Gasteiger partial charge < -0.3 is 9.84 Å². The Morgan fingerprint density at radius 2 is 2.05 bits per heavy atom. The fourth-order valence-corrected chi connectivity index (χ4v) is 2.56. The second-order valence-corrected chi connectivity index (χ2v) is 4.91. The zero-order valence-electron chi connectivity index (χ0n) is 10.6. The van der Waals surface area contributed by atoms with Gasteiger partial charge in [-0.2, -0.15) is 0 Å². The van der Waals surface area contributed by atoms with Crippen LogP contribution in [0.15, 0.2) is 42.5 Å². The molecule has 2 unspecified atom stereocenters. The number of benzene rings is 2. The van der Waals surface area contributed by atoms with E-state index < -0.39 is 6.10 Å². The van der Waals surface area contributed by atoms with Gasteiger partial charge in [-0.3, -0.25) is 0 Å². The molecule has 2 nitrogen and oxygen atoms in total. The fraction of sp³-hybridized carbons (Fsp3) is 0.250. The molecule has 2 atom stereocenters. The predicted molar refractivity (Wildman–Crippen MR) is 70.7 cm³/mol. The largest absolute Gasteiger partial charge is 0.487 e. The van der Waals surface area contributed by atoms with Crippen LogP contribution in [0.2, 0.25) is 0 Å². The lowest BCUT2D eigenvalue weighted by atomic mass is 9.97. The predicted octanol–water partition coefficient (Wildman–Crippen LogP) is 3.17. The molecule has 0 fully saturated rings. The van der Waals surface area contributed by atoms with Crippen molar-refractivity contribution in [1.82, 2.24) is 0 Å². The summed E-state index contributed by atoms with van der Waals surface area (Å²) >= 11 is 0. The Morgan fingerprint density at radius 3 is 2.79 bits per heavy atom. The van der Waals surface area contributed by atoms with E-state index in [2.05, 4.69) is 0 Å². The first kappa shape index (κ1) is 12.2. The molecule has 0 radical (unpaired) electrons. The van der Waals surface area contributed by atoms with Crippen molar-refractivity contribution in [2.24, 2.45) is 0 Å². The monoisotopic (exact) mass is 258 g/mol. The molecule has 0 spiro atoms. The first-order valence-corrected chi connectivity index (χ1v) is 6.34. The first-order chi connectivity index (χ1) is 9.15. The van der Waals surface area contributed by atoms with Crippen LogP contribution >= 0.6 is 0 Å². The van der Waals surface area contributed by atoms with E-state index in [0.717, 1.165) is 22.4 Å². The van der Waals surface area contributed by atoms with E-state index in [1.54, 1.807) is 13.0 Å². The van der Waals surface area contributed by atoms with Gasteiger partial charge in [0.2, 0.25) is 0 Å². The molecule has 0 amide bonds. The maximum absolute atomic E-state index is 13.1. The van der Waals surface area contributed by atoms with E-state index in [4.69, 9.17) is 4.74 Å². The molecule has 1 N–H and O–H groups in total. The molecule has 2 aromatic carbocycles. The molecule has 2 aromatic rings. The molecule has 19 heavy (non-hydrogen) atoms. The van der Waals surface area contributed by atoms with Gasteiger partial charge in [-0.15, -0.1) is 0 Å². The lowest BCUT2D eigenvalue weighted by Crippen LogP contribution is -2.23. The molecule has 0 aliphatic carbocycles. The Labute approximate surface area is 111 Å². The highest BCUT2D eigenvalue weighted by Crippen LogP contribution is 2.34. The van der Waals surface area contributed by atoms with Crippen LogP contribution in [0, 0.1) is 12.7 Å². The summed E-state index contributed by atoms with van der Waals surface area (Å²) in [4.78, 5) is 0. The number of hydrogen-bond donors (Lipinski definition) is 1. The molecule has 3 rings (SSSR count). The summed E-state index contributed by atoms with van der Waals surface area (Å²) in [6.07, 6.45) is -0.372. The summed E-state index contributed by atoms with van der Waals surface area (Å²) in [5, 5.41) is 10.4. The van der Waals surface area contributed by atoms with Crippen LogP contribution in [0.25, 0.3) is 0 Å². The zero-order chi connectivity index (χ0) is 13.4. The van der Waals surface area contributed by atoms with Gasteiger partial charge in [0.05, 0.1) is 0 Å². The third kappa shape index (κ3) is 2.22. The van der Waals surface area contributed by atoms with Crippen LogP contribution in [0.3, 0.4) is 0 Å². The van der Waals surface area contributed by atoms with Crippen molar-refractivity contribution < 1.29 is 14.2 Å². The van der Waals surface area contributed by atoms with Crippen LogP contribution in [0.1, 0.15) is 22.8 Å². The number of aliphatic hydroxyl groups is 1. The average molecular weight is 258 g/mol. The van der Waals surface area contributed by atoms with E-state index in [0.29, 0.717) is 6.42 Å². The summed E-state index contributed by atoms with van der Waals surface area (Å²) in [6, 6.07) is 12.2. The van der Waals surface area contributed by atoms with Gasteiger partial charge in [-0.05, 0) is 41.8 Å². The quantitative estimate of drug-likeness (QED) is 0.896. The van der Waals surface area contributed by atoms with Crippen molar-refractivity contribution in [3.8, 4) is 5.75 Å². The van der Waals surface area contributed by atoms with Crippen LogP contribution < -0.4 is 4.74 Å². The van der Waals surface area contributed by atoms with Crippen molar-refractivity contribution in [3.05, 3.63) is 65.0 Å². The van der Waals surface area contributed by atoms with Gasteiger partial charge in [0.15, 0.2) is 0 Å². The SMILES string of the molecule is Cc1cc(F)ccc1C(O)C1Cc2ccccc2O1. The van der Waals surface area contributed by atoms with Crippen molar-refractivity contribution >= 4 is 0 Å². The Bertz CT molecular complexity index is 584. The Balaban J connectivity index is 1.85. The molecule has 0 aromatic heterocycles. The highest BCUT2D eigenvalue weighted by atomic mass is 19.1. The molecule has 0 bridgehead atoms. The number of aliphatic hydroxyl groups excluding tert-OH is 1. The fourth-order valence-electron chi connectivity index (χ4n) is 2.56. The van der Waals surface area contributed by atoms with Crippen molar-refractivity contribution in [1.29, 1.82) is 0 Å². The standard InChI is InChI=1S/C16H15FO2/c1-10-8-12(17)6-7-13(10)16(18)15-9-11-4-2-3-5-14(11)19-15/h2-8,15-16,18H,9H2,1H3. The normalized spacial score (nSPS) is 18.8. The lowest BCUT2D eigenvalue weighted by molar-refractivity contribution is 0.0487. The number of aryl methyl sites for hydroxylation is 1. The number of hydrogen-bond acceptors (Lipinski definition) is 2. The van der Waals surface area contributed by atoms with Gasteiger partial charge >= 0.3 is 0 Å². The average Bonchev–Trinajstić information content (AvgIpc) is 2.81. The minimum atomic E-state index is -0.743. The number of para-hydroxylation sites is 1. The number of ether oxygens (including phenoxy) is 1. The summed E-state index contributed by atoms with van der Waals surface area (Å²) in [5.41, 5.74) is 2.57. The lowest BCUT2D eigenvalue weighted by Gasteiger charge is -2.20. The molecular formula is C16H15FO2.